The summed E-state index contributed by atoms with van der Waals surface area (Å²) >= 11 is 1.26. The number of ketones is 1. The van der Waals surface area contributed by atoms with Crippen LogP contribution >= 0.6 is 11.8 Å². The number of hydrogen-bond donors (Lipinski definition) is 1. The number of para-hydroxylation sites is 1. The van der Waals surface area contributed by atoms with Gasteiger partial charge in [0.05, 0.1) is 11.9 Å². The summed E-state index contributed by atoms with van der Waals surface area (Å²) in [7, 11) is 0. The van der Waals surface area contributed by atoms with Crippen molar-refractivity contribution < 1.29 is 13.9 Å². The molecule has 0 spiro atoms. The second-order valence-electron chi connectivity index (χ2n) is 6.20. The van der Waals surface area contributed by atoms with Crippen LogP contribution < -0.4 is 4.74 Å². The van der Waals surface area contributed by atoms with E-state index in [4.69, 9.17) is 9.15 Å². The highest BCUT2D eigenvalue weighted by Crippen LogP contribution is 2.30. The third-order valence-corrected chi connectivity index (χ3v) is 5.25. The fourth-order valence-corrected chi connectivity index (χ4v) is 3.69. The number of aromatic nitrogens is 3. The molecule has 2 heterocycles. The number of nitrogens with one attached hydrogen (secondary N) is 1. The predicted molar refractivity (Wildman–Crippen MR) is 109 cm³/mol. The van der Waals surface area contributed by atoms with Gasteiger partial charge in [-0.2, -0.15) is 0 Å². The largest absolute Gasteiger partial charge is 0.494 e. The van der Waals surface area contributed by atoms with E-state index in [1.165, 1.54) is 11.8 Å². The van der Waals surface area contributed by atoms with Gasteiger partial charge < -0.3 is 14.1 Å². The van der Waals surface area contributed by atoms with Crippen LogP contribution in [0, 0.1) is 0 Å². The summed E-state index contributed by atoms with van der Waals surface area (Å²) in [6.45, 7) is 4.40. The van der Waals surface area contributed by atoms with Crippen molar-refractivity contribution in [1.82, 2.24) is 15.2 Å². The SMILES string of the molecule is CCOc1ccc(-c2nnc(S[C@@H](C)C(=O)c3c[nH]c4ccccc34)o2)cc1. The molecular weight excluding hydrogens is 374 g/mol. The normalized spacial score (nSPS) is 12.2. The first-order valence-corrected chi connectivity index (χ1v) is 9.87. The summed E-state index contributed by atoms with van der Waals surface area (Å²) < 4.78 is 11.2. The number of carbonyl (C=O) groups is 1. The quantitative estimate of drug-likeness (QED) is 0.352. The molecule has 2 aromatic carbocycles. The lowest BCUT2D eigenvalue weighted by Crippen LogP contribution is -2.13. The summed E-state index contributed by atoms with van der Waals surface area (Å²) in [5, 5.41) is 9.09. The van der Waals surface area contributed by atoms with Crippen molar-refractivity contribution in [2.45, 2.75) is 24.3 Å². The first kappa shape index (κ1) is 18.3. The van der Waals surface area contributed by atoms with E-state index >= 15 is 0 Å². The minimum absolute atomic E-state index is 0.0169. The Kier molecular flexibility index (Phi) is 5.16. The van der Waals surface area contributed by atoms with Crippen LogP contribution in [0.25, 0.3) is 22.4 Å². The van der Waals surface area contributed by atoms with E-state index in [0.717, 1.165) is 22.2 Å². The molecule has 0 radical (unpaired) electrons. The summed E-state index contributed by atoms with van der Waals surface area (Å²) in [5.74, 6) is 1.22. The predicted octanol–water partition coefficient (Wildman–Crippen LogP) is 4.98. The molecule has 0 saturated carbocycles. The summed E-state index contributed by atoms with van der Waals surface area (Å²) in [4.78, 5) is 16.0. The Hall–Kier alpha value is -3.06. The number of ether oxygens (including phenoxy) is 1. The molecule has 0 fully saturated rings. The van der Waals surface area contributed by atoms with Gasteiger partial charge in [0.1, 0.15) is 5.75 Å². The molecule has 28 heavy (non-hydrogen) atoms. The first-order valence-electron chi connectivity index (χ1n) is 8.99. The Balaban J connectivity index is 1.48. The van der Waals surface area contributed by atoms with E-state index < -0.39 is 0 Å². The van der Waals surface area contributed by atoms with Crippen LogP contribution in [0.2, 0.25) is 0 Å². The average Bonchev–Trinajstić information content (AvgIpc) is 3.35. The van der Waals surface area contributed by atoms with E-state index in [1.54, 1.807) is 6.20 Å². The summed E-state index contributed by atoms with van der Waals surface area (Å²) in [5.41, 5.74) is 2.42. The lowest BCUT2D eigenvalue weighted by Gasteiger charge is -2.06. The number of aromatic amines is 1. The molecule has 0 aliphatic heterocycles. The highest BCUT2D eigenvalue weighted by Gasteiger charge is 2.22. The van der Waals surface area contributed by atoms with Gasteiger partial charge in [0.25, 0.3) is 5.22 Å². The minimum atomic E-state index is -0.354. The number of thioether (sulfide) groups is 1. The Morgan fingerprint density at radius 3 is 2.75 bits per heavy atom. The van der Waals surface area contributed by atoms with E-state index in [-0.39, 0.29) is 11.0 Å². The van der Waals surface area contributed by atoms with E-state index in [2.05, 4.69) is 15.2 Å². The molecule has 6 nitrogen and oxygen atoms in total. The molecule has 0 aliphatic rings. The zero-order valence-corrected chi connectivity index (χ0v) is 16.3. The zero-order valence-electron chi connectivity index (χ0n) is 15.5. The topological polar surface area (TPSA) is 81.0 Å². The number of nitrogens with zero attached hydrogens (tertiary/aromatic N) is 2. The van der Waals surface area contributed by atoms with Crippen LogP contribution in [0.15, 0.2) is 64.4 Å². The summed E-state index contributed by atoms with van der Waals surface area (Å²) in [6, 6.07) is 15.2. The van der Waals surface area contributed by atoms with Crippen LogP contribution in [0.1, 0.15) is 24.2 Å². The van der Waals surface area contributed by atoms with Crippen molar-refractivity contribution in [1.29, 1.82) is 0 Å². The maximum atomic E-state index is 12.9. The van der Waals surface area contributed by atoms with Crippen molar-refractivity contribution >= 4 is 28.4 Å². The maximum absolute atomic E-state index is 12.9. The molecule has 4 aromatic rings. The molecule has 0 bridgehead atoms. The number of hydrogen-bond acceptors (Lipinski definition) is 6. The van der Waals surface area contributed by atoms with E-state index in [9.17, 15) is 4.79 Å². The van der Waals surface area contributed by atoms with Gasteiger partial charge in [0.15, 0.2) is 5.78 Å². The van der Waals surface area contributed by atoms with Gasteiger partial charge in [0.2, 0.25) is 5.89 Å². The summed E-state index contributed by atoms with van der Waals surface area (Å²) in [6.07, 6.45) is 1.75. The molecular formula is C21H19N3O3S. The second-order valence-corrected chi connectivity index (χ2v) is 7.49. The van der Waals surface area contributed by atoms with Gasteiger partial charge in [-0.05, 0) is 44.2 Å². The van der Waals surface area contributed by atoms with Gasteiger partial charge in [-0.25, -0.2) is 0 Å². The number of H-pyrrole nitrogens is 1. The maximum Gasteiger partial charge on any atom is 0.277 e. The molecule has 0 unspecified atom stereocenters. The minimum Gasteiger partial charge on any atom is -0.494 e. The Morgan fingerprint density at radius 2 is 1.96 bits per heavy atom. The van der Waals surface area contributed by atoms with Crippen molar-refractivity contribution in [3.05, 3.63) is 60.3 Å². The molecule has 0 amide bonds. The standard InChI is InChI=1S/C21H19N3O3S/c1-3-26-15-10-8-14(9-11-15)20-23-24-21(27-20)28-13(2)19(25)17-12-22-18-7-5-4-6-16(17)18/h4-13,22H,3H2,1-2H3/t13-/m0/s1. The highest BCUT2D eigenvalue weighted by atomic mass is 32.2. The van der Waals surface area contributed by atoms with E-state index in [0.29, 0.717) is 23.3 Å². The van der Waals surface area contributed by atoms with Crippen LogP contribution in [0.3, 0.4) is 0 Å². The molecule has 142 valence electrons. The Bertz CT molecular complexity index is 1100. The molecule has 0 aliphatic carbocycles. The van der Waals surface area contributed by atoms with Crippen LogP contribution in [0.4, 0.5) is 0 Å². The first-order chi connectivity index (χ1) is 13.7. The van der Waals surface area contributed by atoms with Crippen LogP contribution in [-0.4, -0.2) is 32.8 Å². The third-order valence-electron chi connectivity index (χ3n) is 4.32. The second kappa shape index (κ2) is 7.90. The smallest absolute Gasteiger partial charge is 0.277 e. The van der Waals surface area contributed by atoms with Crippen LogP contribution in [0.5, 0.6) is 5.75 Å². The Morgan fingerprint density at radius 1 is 1.18 bits per heavy atom. The fourth-order valence-electron chi connectivity index (χ4n) is 2.93. The average molecular weight is 393 g/mol. The van der Waals surface area contributed by atoms with Crippen LogP contribution in [-0.2, 0) is 0 Å². The number of Topliss-reactive ketones (excluding diaryl/α,β-unsaturated/α-hetero) is 1. The van der Waals surface area contributed by atoms with Gasteiger partial charge in [-0.3, -0.25) is 4.79 Å². The lowest BCUT2D eigenvalue weighted by molar-refractivity contribution is 0.0995. The van der Waals surface area contributed by atoms with Crippen molar-refractivity contribution in [3.63, 3.8) is 0 Å². The molecule has 1 atom stereocenters. The van der Waals surface area contributed by atoms with Crippen molar-refractivity contribution in [2.75, 3.05) is 6.61 Å². The van der Waals surface area contributed by atoms with Crippen molar-refractivity contribution in [2.24, 2.45) is 0 Å². The molecule has 0 saturated heterocycles. The number of rotatable bonds is 7. The third kappa shape index (κ3) is 3.66. The van der Waals surface area contributed by atoms with Gasteiger partial charge in [-0.15, -0.1) is 10.2 Å². The Labute approximate surface area is 166 Å². The van der Waals surface area contributed by atoms with Crippen molar-refractivity contribution in [3.8, 4) is 17.2 Å². The molecule has 4 rings (SSSR count). The molecule has 2 aromatic heterocycles. The molecule has 7 heteroatoms. The zero-order chi connectivity index (χ0) is 19.5. The number of benzene rings is 2. The number of fused-ring (bicyclic) bond motifs is 1. The van der Waals surface area contributed by atoms with E-state index in [1.807, 2.05) is 62.4 Å². The molecule has 1 N–H and O–H groups in total. The fraction of sp³-hybridized carbons (Fsp3) is 0.190. The monoisotopic (exact) mass is 393 g/mol. The van der Waals surface area contributed by atoms with Gasteiger partial charge in [0, 0.05) is 28.2 Å². The number of carbonyl (C=O) groups excluding carboxylic acids is 1. The highest BCUT2D eigenvalue weighted by molar-refractivity contribution is 8.00. The van der Waals surface area contributed by atoms with Gasteiger partial charge in [-0.1, -0.05) is 30.0 Å². The lowest BCUT2D eigenvalue weighted by atomic mass is 10.1. The van der Waals surface area contributed by atoms with Gasteiger partial charge >= 0.3 is 0 Å².